The van der Waals surface area contributed by atoms with Crippen LogP contribution in [0.25, 0.3) is 10.9 Å². The molecule has 1 aliphatic carbocycles. The molecule has 1 fully saturated rings. The van der Waals surface area contributed by atoms with Crippen molar-refractivity contribution in [1.82, 2.24) is 10.2 Å². The van der Waals surface area contributed by atoms with Crippen molar-refractivity contribution in [2.45, 2.75) is 45.1 Å². The van der Waals surface area contributed by atoms with Crippen LogP contribution in [0.5, 0.6) is 0 Å². The summed E-state index contributed by atoms with van der Waals surface area (Å²) in [7, 11) is 0. The van der Waals surface area contributed by atoms with E-state index < -0.39 is 0 Å². The lowest BCUT2D eigenvalue weighted by molar-refractivity contribution is 0.502. The highest BCUT2D eigenvalue weighted by Crippen LogP contribution is 2.26. The Morgan fingerprint density at radius 3 is 3.11 bits per heavy atom. The Kier molecular flexibility index (Phi) is 3.22. The fourth-order valence-electron chi connectivity index (χ4n) is 2.90. The number of benzene rings is 1. The van der Waals surface area contributed by atoms with Crippen molar-refractivity contribution >= 4 is 16.6 Å². The van der Waals surface area contributed by atoms with Crippen LogP contribution in [0.4, 0.5) is 5.69 Å². The quantitative estimate of drug-likeness (QED) is 0.784. The molecule has 0 radical (unpaired) electrons. The predicted octanol–water partition coefficient (Wildman–Crippen LogP) is 3.94. The zero-order valence-electron chi connectivity index (χ0n) is 10.9. The maximum absolute atomic E-state index is 4.06. The van der Waals surface area contributed by atoms with Gasteiger partial charge in [-0.25, -0.2) is 0 Å². The molecule has 2 N–H and O–H groups in total. The first-order chi connectivity index (χ1) is 8.81. The number of nitrogens with zero attached hydrogens (tertiary/aromatic N) is 1. The molecule has 3 nitrogen and oxygen atoms in total. The molecule has 0 amide bonds. The van der Waals surface area contributed by atoms with E-state index in [4.69, 9.17) is 0 Å². The number of aromatic amines is 1. The van der Waals surface area contributed by atoms with Crippen LogP contribution in [0.2, 0.25) is 0 Å². The normalized spacial score (nSPS) is 24.9. The second-order valence-corrected chi connectivity index (χ2v) is 5.63. The molecule has 2 unspecified atom stereocenters. The Balaban J connectivity index is 1.71. The third-order valence-electron chi connectivity index (χ3n) is 4.07. The number of hydrogen-bond acceptors (Lipinski definition) is 2. The van der Waals surface area contributed by atoms with E-state index in [1.54, 1.807) is 0 Å². The van der Waals surface area contributed by atoms with Crippen LogP contribution in [-0.2, 0) is 0 Å². The average molecular weight is 243 g/mol. The lowest BCUT2D eigenvalue weighted by Crippen LogP contribution is -2.18. The summed E-state index contributed by atoms with van der Waals surface area (Å²) < 4.78 is 0. The summed E-state index contributed by atoms with van der Waals surface area (Å²) in [5, 5.41) is 11.9. The maximum Gasteiger partial charge on any atom is 0.0651 e. The number of anilines is 1. The van der Waals surface area contributed by atoms with Gasteiger partial charge in [-0.3, -0.25) is 5.10 Å². The molecule has 0 spiro atoms. The minimum absolute atomic E-state index is 0.638. The highest BCUT2D eigenvalue weighted by atomic mass is 15.1. The molecular formula is C15H21N3. The summed E-state index contributed by atoms with van der Waals surface area (Å²) in [5.74, 6) is 0.896. The Hall–Kier alpha value is -1.51. The first kappa shape index (κ1) is 11.6. The zero-order chi connectivity index (χ0) is 12.4. The monoisotopic (exact) mass is 243 g/mol. The molecular weight excluding hydrogens is 222 g/mol. The Morgan fingerprint density at radius 1 is 1.22 bits per heavy atom. The highest BCUT2D eigenvalue weighted by Gasteiger charge is 2.15. The van der Waals surface area contributed by atoms with E-state index in [0.717, 1.165) is 11.4 Å². The number of nitrogens with one attached hydrogen (secondary N) is 2. The van der Waals surface area contributed by atoms with E-state index in [1.165, 1.54) is 43.2 Å². The lowest BCUT2D eigenvalue weighted by atomic mass is 10.0. The van der Waals surface area contributed by atoms with E-state index in [9.17, 15) is 0 Å². The number of aromatic nitrogens is 2. The molecule has 0 bridgehead atoms. The molecule has 1 aliphatic rings. The van der Waals surface area contributed by atoms with Crippen molar-refractivity contribution in [1.29, 1.82) is 0 Å². The van der Waals surface area contributed by atoms with Gasteiger partial charge >= 0.3 is 0 Å². The van der Waals surface area contributed by atoms with Crippen molar-refractivity contribution in [2.24, 2.45) is 5.92 Å². The summed E-state index contributed by atoms with van der Waals surface area (Å²) >= 11 is 0. The summed E-state index contributed by atoms with van der Waals surface area (Å²) in [6, 6.07) is 7.07. The Bertz CT molecular complexity index is 517. The van der Waals surface area contributed by atoms with Gasteiger partial charge in [0.1, 0.15) is 0 Å². The minimum atomic E-state index is 0.638. The average Bonchev–Trinajstić information content (AvgIpc) is 2.74. The largest absolute Gasteiger partial charge is 0.382 e. The van der Waals surface area contributed by atoms with E-state index in [2.05, 4.69) is 40.6 Å². The summed E-state index contributed by atoms with van der Waals surface area (Å²) in [5.41, 5.74) is 2.33. The Morgan fingerprint density at radius 2 is 2.17 bits per heavy atom. The van der Waals surface area contributed by atoms with Gasteiger partial charge in [0.2, 0.25) is 0 Å². The molecule has 1 aromatic heterocycles. The van der Waals surface area contributed by atoms with E-state index >= 15 is 0 Å². The van der Waals surface area contributed by atoms with Crippen molar-refractivity contribution in [3.8, 4) is 0 Å². The molecule has 0 aliphatic heterocycles. The predicted molar refractivity (Wildman–Crippen MR) is 75.8 cm³/mol. The molecule has 2 atom stereocenters. The standard InChI is InChI=1S/C15H21N3/c1-11-3-2-4-13(6-5-11)17-14-7-8-15-12(9-14)10-16-18-15/h7-11,13,17H,2-6H2,1H3,(H,16,18). The summed E-state index contributed by atoms with van der Waals surface area (Å²) in [6.45, 7) is 2.37. The van der Waals surface area contributed by atoms with Crippen LogP contribution < -0.4 is 5.32 Å². The summed E-state index contributed by atoms with van der Waals surface area (Å²) in [4.78, 5) is 0. The first-order valence-electron chi connectivity index (χ1n) is 7.01. The molecule has 1 heterocycles. The van der Waals surface area contributed by atoms with Gasteiger partial charge in [-0.15, -0.1) is 0 Å². The smallest absolute Gasteiger partial charge is 0.0651 e. The van der Waals surface area contributed by atoms with Crippen molar-refractivity contribution in [3.63, 3.8) is 0 Å². The molecule has 1 aromatic carbocycles. The highest BCUT2D eigenvalue weighted by molar-refractivity contribution is 5.81. The summed E-state index contributed by atoms with van der Waals surface area (Å²) in [6.07, 6.45) is 8.57. The fourth-order valence-corrected chi connectivity index (χ4v) is 2.90. The van der Waals surface area contributed by atoms with Crippen LogP contribution in [-0.4, -0.2) is 16.2 Å². The van der Waals surface area contributed by atoms with Gasteiger partial charge in [-0.1, -0.05) is 19.8 Å². The zero-order valence-corrected chi connectivity index (χ0v) is 10.9. The van der Waals surface area contributed by atoms with Crippen molar-refractivity contribution < 1.29 is 0 Å². The first-order valence-corrected chi connectivity index (χ1v) is 7.01. The topological polar surface area (TPSA) is 40.7 Å². The number of rotatable bonds is 2. The van der Waals surface area contributed by atoms with Gasteiger partial charge in [-0.05, 0) is 43.4 Å². The number of hydrogen-bond donors (Lipinski definition) is 2. The lowest BCUT2D eigenvalue weighted by Gasteiger charge is -2.17. The van der Waals surface area contributed by atoms with Crippen molar-refractivity contribution in [2.75, 3.05) is 5.32 Å². The van der Waals surface area contributed by atoms with Crippen LogP contribution in [0.1, 0.15) is 39.0 Å². The maximum atomic E-state index is 4.06. The van der Waals surface area contributed by atoms with E-state index in [-0.39, 0.29) is 0 Å². The second-order valence-electron chi connectivity index (χ2n) is 5.63. The van der Waals surface area contributed by atoms with Gasteiger partial charge in [0.15, 0.2) is 0 Å². The van der Waals surface area contributed by atoms with Crippen LogP contribution in [0.15, 0.2) is 24.4 Å². The Labute approximate surface area is 108 Å². The molecule has 0 saturated heterocycles. The van der Waals surface area contributed by atoms with Gasteiger partial charge < -0.3 is 5.32 Å². The molecule has 96 valence electrons. The molecule has 2 aromatic rings. The van der Waals surface area contributed by atoms with Gasteiger partial charge in [0, 0.05) is 17.1 Å². The van der Waals surface area contributed by atoms with E-state index in [0.29, 0.717) is 6.04 Å². The van der Waals surface area contributed by atoms with Crippen LogP contribution in [0.3, 0.4) is 0 Å². The van der Waals surface area contributed by atoms with E-state index in [1.807, 2.05) is 6.20 Å². The molecule has 3 heteroatoms. The van der Waals surface area contributed by atoms with Crippen molar-refractivity contribution in [3.05, 3.63) is 24.4 Å². The number of H-pyrrole nitrogens is 1. The fraction of sp³-hybridized carbons (Fsp3) is 0.533. The second kappa shape index (κ2) is 5.01. The number of fused-ring (bicyclic) bond motifs is 1. The van der Waals surface area contributed by atoms with Crippen LogP contribution in [0, 0.1) is 5.92 Å². The van der Waals surface area contributed by atoms with Gasteiger partial charge in [0.25, 0.3) is 0 Å². The minimum Gasteiger partial charge on any atom is -0.382 e. The third-order valence-corrected chi connectivity index (χ3v) is 4.07. The van der Waals surface area contributed by atoms with Gasteiger partial charge in [0.05, 0.1) is 11.7 Å². The molecule has 1 saturated carbocycles. The molecule has 18 heavy (non-hydrogen) atoms. The van der Waals surface area contributed by atoms with Crippen LogP contribution >= 0.6 is 0 Å². The third kappa shape index (κ3) is 2.50. The SMILES string of the molecule is CC1CCCC(Nc2ccc3[nH]ncc3c2)CC1. The molecule has 3 rings (SSSR count). The van der Waals surface area contributed by atoms with Gasteiger partial charge in [-0.2, -0.15) is 5.10 Å².